The van der Waals surface area contributed by atoms with Crippen molar-refractivity contribution in [2.75, 3.05) is 0 Å². The summed E-state index contributed by atoms with van der Waals surface area (Å²) in [4.78, 5) is 0. The Balaban J connectivity index is 1.89. The van der Waals surface area contributed by atoms with Crippen molar-refractivity contribution in [3.8, 4) is 5.75 Å². The Morgan fingerprint density at radius 3 is 2.57 bits per heavy atom. The van der Waals surface area contributed by atoms with E-state index in [1.807, 2.05) is 0 Å². The summed E-state index contributed by atoms with van der Waals surface area (Å²) < 4.78 is 6.18. The highest BCUT2D eigenvalue weighted by Gasteiger charge is 2.16. The summed E-state index contributed by atoms with van der Waals surface area (Å²) in [7, 11) is 0. The summed E-state index contributed by atoms with van der Waals surface area (Å²) >= 11 is 0. The Hall–Kier alpha value is -2.54. The van der Waals surface area contributed by atoms with Crippen LogP contribution in [0.5, 0.6) is 5.75 Å². The van der Waals surface area contributed by atoms with Crippen LogP contribution < -0.4 is 4.74 Å². The maximum Gasteiger partial charge on any atom is 0.131 e. The molecule has 3 aromatic carbocycles. The first-order valence-electron chi connectivity index (χ1n) is 7.22. The first kappa shape index (κ1) is 12.2. The van der Waals surface area contributed by atoms with Crippen LogP contribution in [0.15, 0.2) is 67.2 Å². The third kappa shape index (κ3) is 2.02. The monoisotopic (exact) mass is 272 g/mol. The van der Waals surface area contributed by atoms with Crippen LogP contribution in [0.25, 0.3) is 16.3 Å². The van der Waals surface area contributed by atoms with Crippen molar-refractivity contribution in [3.63, 3.8) is 0 Å². The number of hydrogen-bond donors (Lipinski definition) is 0. The number of rotatable bonds is 0. The fourth-order valence-corrected chi connectivity index (χ4v) is 3.06. The summed E-state index contributed by atoms with van der Waals surface area (Å²) in [6, 6.07) is 21.1. The number of hydrogen-bond acceptors (Lipinski definition) is 1. The number of fused-ring (bicyclic) bond motifs is 4. The molecule has 0 amide bonds. The zero-order chi connectivity index (χ0) is 14.2. The molecule has 3 aromatic rings. The minimum absolute atomic E-state index is 0.593. The van der Waals surface area contributed by atoms with Gasteiger partial charge < -0.3 is 4.74 Å². The number of benzene rings is 3. The normalized spacial score (nSPS) is 13.8. The van der Waals surface area contributed by atoms with Gasteiger partial charge in [0.2, 0.25) is 0 Å². The average molecular weight is 272 g/mol. The number of allylic oxidation sites excluding steroid dienone is 1. The molecule has 1 heterocycles. The smallest absolute Gasteiger partial charge is 0.131 e. The molecule has 0 atom stereocenters. The van der Waals surface area contributed by atoms with E-state index in [0.717, 1.165) is 17.7 Å². The van der Waals surface area contributed by atoms with E-state index in [9.17, 15) is 0 Å². The van der Waals surface area contributed by atoms with Gasteiger partial charge in [-0.05, 0) is 27.6 Å². The maximum atomic E-state index is 6.18. The highest BCUT2D eigenvalue weighted by atomic mass is 16.5. The second-order valence-corrected chi connectivity index (χ2v) is 5.50. The quantitative estimate of drug-likeness (QED) is 0.560. The summed E-state index contributed by atoms with van der Waals surface area (Å²) in [5.41, 5.74) is 4.80. The van der Waals surface area contributed by atoms with Crippen LogP contribution in [0.4, 0.5) is 0 Å². The Bertz CT molecular complexity index is 845. The lowest BCUT2D eigenvalue weighted by molar-refractivity contribution is 0.306. The molecule has 0 saturated heterocycles. The van der Waals surface area contributed by atoms with Gasteiger partial charge >= 0.3 is 0 Å². The lowest BCUT2D eigenvalue weighted by atomic mass is 9.93. The largest absolute Gasteiger partial charge is 0.488 e. The van der Waals surface area contributed by atoms with Crippen molar-refractivity contribution in [1.29, 1.82) is 0 Å². The zero-order valence-corrected chi connectivity index (χ0v) is 11.8. The molecule has 0 fully saturated rings. The Morgan fingerprint density at radius 1 is 0.810 bits per heavy atom. The highest BCUT2D eigenvalue weighted by molar-refractivity contribution is 5.90. The Labute approximate surface area is 124 Å². The van der Waals surface area contributed by atoms with Gasteiger partial charge in [0.1, 0.15) is 12.4 Å². The van der Waals surface area contributed by atoms with Crippen LogP contribution >= 0.6 is 0 Å². The van der Waals surface area contributed by atoms with Gasteiger partial charge in [-0.3, -0.25) is 0 Å². The second kappa shape index (κ2) is 4.78. The predicted molar refractivity (Wildman–Crippen MR) is 87.5 cm³/mol. The summed E-state index contributed by atoms with van der Waals surface area (Å²) in [5, 5.41) is 2.40. The standard InChI is InChI=1S/C20H16O/c1-14-12-16-11-10-15-6-2-5-9-19(15)20(16)21-13-17-7-3-4-8-18(14)17/h2-11H,1,12-13H2. The molecule has 0 bridgehead atoms. The third-order valence-electron chi connectivity index (χ3n) is 4.14. The zero-order valence-electron chi connectivity index (χ0n) is 11.8. The molecule has 0 N–H and O–H groups in total. The minimum atomic E-state index is 0.593. The number of ether oxygens (including phenoxy) is 1. The molecule has 21 heavy (non-hydrogen) atoms. The van der Waals surface area contributed by atoms with Crippen molar-refractivity contribution in [2.24, 2.45) is 0 Å². The molecule has 1 aliphatic rings. The molecule has 0 radical (unpaired) electrons. The first-order chi connectivity index (χ1) is 10.3. The maximum absolute atomic E-state index is 6.18. The molecule has 0 aliphatic carbocycles. The molecule has 0 saturated carbocycles. The second-order valence-electron chi connectivity index (χ2n) is 5.50. The molecular weight excluding hydrogens is 256 g/mol. The van der Waals surface area contributed by atoms with Crippen molar-refractivity contribution in [2.45, 2.75) is 13.0 Å². The van der Waals surface area contributed by atoms with Crippen molar-refractivity contribution >= 4 is 16.3 Å². The van der Waals surface area contributed by atoms with Gasteiger partial charge in [0.25, 0.3) is 0 Å². The molecule has 102 valence electrons. The highest BCUT2D eigenvalue weighted by Crippen LogP contribution is 2.36. The summed E-state index contributed by atoms with van der Waals surface area (Å²) in [5.74, 6) is 1.00. The van der Waals surface area contributed by atoms with Crippen LogP contribution in [-0.2, 0) is 13.0 Å². The van der Waals surface area contributed by atoms with E-state index in [0.29, 0.717) is 6.61 Å². The molecule has 0 aromatic heterocycles. The van der Waals surface area contributed by atoms with Crippen molar-refractivity contribution in [3.05, 3.63) is 83.9 Å². The molecule has 4 rings (SSSR count). The average Bonchev–Trinajstić information content (AvgIpc) is 2.52. The van der Waals surface area contributed by atoms with Gasteiger partial charge in [-0.2, -0.15) is 0 Å². The lowest BCUT2D eigenvalue weighted by Gasteiger charge is -2.21. The van der Waals surface area contributed by atoms with Gasteiger partial charge in [-0.25, -0.2) is 0 Å². The van der Waals surface area contributed by atoms with Crippen LogP contribution in [0, 0.1) is 0 Å². The van der Waals surface area contributed by atoms with E-state index in [-0.39, 0.29) is 0 Å². The van der Waals surface area contributed by atoms with Crippen molar-refractivity contribution in [1.82, 2.24) is 0 Å². The molecule has 0 unspecified atom stereocenters. The predicted octanol–water partition coefficient (Wildman–Crippen LogP) is 4.99. The van der Waals surface area contributed by atoms with Gasteiger partial charge in [-0.15, -0.1) is 0 Å². The van der Waals surface area contributed by atoms with Gasteiger partial charge in [0.15, 0.2) is 0 Å². The molecule has 1 aliphatic heterocycles. The van der Waals surface area contributed by atoms with Crippen molar-refractivity contribution < 1.29 is 4.74 Å². The molecule has 0 spiro atoms. The van der Waals surface area contributed by atoms with E-state index >= 15 is 0 Å². The fourth-order valence-electron chi connectivity index (χ4n) is 3.06. The van der Waals surface area contributed by atoms with E-state index in [1.54, 1.807) is 0 Å². The van der Waals surface area contributed by atoms with E-state index < -0.39 is 0 Å². The molecule has 1 nitrogen and oxygen atoms in total. The van der Waals surface area contributed by atoms with Crippen LogP contribution in [0.3, 0.4) is 0 Å². The van der Waals surface area contributed by atoms with E-state index in [2.05, 4.69) is 67.2 Å². The minimum Gasteiger partial charge on any atom is -0.488 e. The van der Waals surface area contributed by atoms with E-state index in [1.165, 1.54) is 27.5 Å². The van der Waals surface area contributed by atoms with E-state index in [4.69, 9.17) is 4.74 Å². The van der Waals surface area contributed by atoms with Gasteiger partial charge in [0, 0.05) is 11.8 Å². The first-order valence-corrected chi connectivity index (χ1v) is 7.22. The summed E-state index contributed by atoms with van der Waals surface area (Å²) in [6.07, 6.45) is 0.831. The third-order valence-corrected chi connectivity index (χ3v) is 4.14. The summed E-state index contributed by atoms with van der Waals surface area (Å²) in [6.45, 7) is 4.87. The lowest BCUT2D eigenvalue weighted by Crippen LogP contribution is -2.07. The fraction of sp³-hybridized carbons (Fsp3) is 0.100. The topological polar surface area (TPSA) is 9.23 Å². The SMILES string of the molecule is C=C1Cc2ccc3ccccc3c2OCc2ccccc21. The Morgan fingerprint density at radius 2 is 1.62 bits per heavy atom. The van der Waals surface area contributed by atoms with Gasteiger partial charge in [-0.1, -0.05) is 67.2 Å². The van der Waals surface area contributed by atoms with Crippen LogP contribution in [0.2, 0.25) is 0 Å². The van der Waals surface area contributed by atoms with Crippen LogP contribution in [-0.4, -0.2) is 0 Å². The Kier molecular flexibility index (Phi) is 2.78. The van der Waals surface area contributed by atoms with Crippen LogP contribution in [0.1, 0.15) is 16.7 Å². The van der Waals surface area contributed by atoms with Gasteiger partial charge in [0.05, 0.1) is 0 Å². The molecule has 1 heteroatoms. The molecular formula is C20H16O.